The van der Waals surface area contributed by atoms with Gasteiger partial charge in [-0.05, 0) is 53.4 Å². The SMILES string of the molecule is COc1ccc(CCN2CC(=O)N3[C@H](c4ccc5c(c4)OCO5)c4[nH]c5ccccc5c4C[C@@H]3C2=O)cc1OC. The minimum Gasteiger partial charge on any atom is -0.493 e. The lowest BCUT2D eigenvalue weighted by atomic mass is 9.86. The molecule has 40 heavy (non-hydrogen) atoms. The molecule has 0 unspecified atom stereocenters. The van der Waals surface area contributed by atoms with Gasteiger partial charge in [-0.2, -0.15) is 0 Å². The summed E-state index contributed by atoms with van der Waals surface area (Å²) in [4.78, 5) is 34.9. The van der Waals surface area contributed by atoms with E-state index in [2.05, 4.69) is 11.1 Å². The normalized spacial score (nSPS) is 19.6. The van der Waals surface area contributed by atoms with Crippen molar-refractivity contribution in [2.45, 2.75) is 24.9 Å². The number of rotatable bonds is 6. The standard InChI is InChI=1S/C31H29N3O6/c1-37-24-9-7-18(13-26(24)38-2)11-12-33-16-28(35)34-23(31(33)36)15-21-20-5-3-4-6-22(20)32-29(21)30(34)19-8-10-25-27(14-19)40-17-39-25/h3-10,13-14,23,30,32H,11-12,15-17H2,1-2H3/t23-,30-/m1/s1. The molecule has 4 heterocycles. The molecule has 3 aromatic carbocycles. The maximum atomic E-state index is 14.0. The predicted molar refractivity (Wildman–Crippen MR) is 147 cm³/mol. The van der Waals surface area contributed by atoms with E-state index < -0.39 is 12.1 Å². The number of nitrogens with one attached hydrogen (secondary N) is 1. The van der Waals surface area contributed by atoms with E-state index in [4.69, 9.17) is 18.9 Å². The van der Waals surface area contributed by atoms with Gasteiger partial charge in [-0.15, -0.1) is 0 Å². The number of methoxy groups -OCH3 is 2. The molecule has 2 amide bonds. The predicted octanol–water partition coefficient (Wildman–Crippen LogP) is 3.84. The van der Waals surface area contributed by atoms with Gasteiger partial charge >= 0.3 is 0 Å². The summed E-state index contributed by atoms with van der Waals surface area (Å²) >= 11 is 0. The van der Waals surface area contributed by atoms with Crippen LogP contribution in [0.4, 0.5) is 0 Å². The number of para-hydroxylation sites is 1. The summed E-state index contributed by atoms with van der Waals surface area (Å²) in [5.74, 6) is 2.49. The number of amides is 2. The Hall–Kier alpha value is -4.66. The van der Waals surface area contributed by atoms with Crippen LogP contribution in [0.2, 0.25) is 0 Å². The fraction of sp³-hybridized carbons (Fsp3) is 0.290. The van der Waals surface area contributed by atoms with Crippen molar-refractivity contribution in [3.8, 4) is 23.0 Å². The molecule has 4 aromatic rings. The number of hydrogen-bond donors (Lipinski definition) is 1. The Morgan fingerprint density at radius 2 is 1.77 bits per heavy atom. The van der Waals surface area contributed by atoms with Crippen molar-refractivity contribution in [2.75, 3.05) is 34.1 Å². The van der Waals surface area contributed by atoms with E-state index >= 15 is 0 Å². The van der Waals surface area contributed by atoms with Crippen molar-refractivity contribution in [2.24, 2.45) is 0 Å². The number of carbonyl (C=O) groups excluding carboxylic acids is 2. The number of aromatic nitrogens is 1. The Balaban J connectivity index is 1.23. The number of benzene rings is 3. The number of aromatic amines is 1. The Morgan fingerprint density at radius 1 is 0.950 bits per heavy atom. The Labute approximate surface area is 231 Å². The maximum Gasteiger partial charge on any atom is 0.246 e. The molecule has 7 rings (SSSR count). The van der Waals surface area contributed by atoms with Gasteiger partial charge in [-0.3, -0.25) is 9.59 Å². The minimum atomic E-state index is -0.603. The topological polar surface area (TPSA) is 93.3 Å². The Bertz CT molecular complexity index is 1650. The fourth-order valence-corrected chi connectivity index (χ4v) is 6.24. The first-order valence-electron chi connectivity index (χ1n) is 13.4. The van der Waals surface area contributed by atoms with Gasteiger partial charge in [-0.25, -0.2) is 0 Å². The third-order valence-electron chi connectivity index (χ3n) is 8.17. The summed E-state index contributed by atoms with van der Waals surface area (Å²) in [6, 6.07) is 18.5. The van der Waals surface area contributed by atoms with Gasteiger partial charge in [0.25, 0.3) is 0 Å². The highest BCUT2D eigenvalue weighted by Gasteiger charge is 2.48. The highest BCUT2D eigenvalue weighted by Crippen LogP contribution is 2.45. The zero-order valence-electron chi connectivity index (χ0n) is 22.3. The summed E-state index contributed by atoms with van der Waals surface area (Å²) in [7, 11) is 3.20. The number of fused-ring (bicyclic) bond motifs is 5. The molecular weight excluding hydrogens is 510 g/mol. The smallest absolute Gasteiger partial charge is 0.246 e. The fourth-order valence-electron chi connectivity index (χ4n) is 6.24. The van der Waals surface area contributed by atoms with Gasteiger partial charge in [-0.1, -0.05) is 30.3 Å². The lowest BCUT2D eigenvalue weighted by molar-refractivity contribution is -0.158. The van der Waals surface area contributed by atoms with Gasteiger partial charge < -0.3 is 33.7 Å². The van der Waals surface area contributed by atoms with Crippen molar-refractivity contribution in [3.63, 3.8) is 0 Å². The van der Waals surface area contributed by atoms with Crippen LogP contribution in [0.1, 0.15) is 28.4 Å². The van der Waals surface area contributed by atoms with Crippen LogP contribution >= 0.6 is 0 Å². The van der Waals surface area contributed by atoms with Crippen molar-refractivity contribution in [1.29, 1.82) is 0 Å². The molecule has 1 aromatic heterocycles. The number of ether oxygens (including phenoxy) is 4. The monoisotopic (exact) mass is 539 g/mol. The second kappa shape index (κ2) is 9.51. The molecule has 0 aliphatic carbocycles. The molecule has 3 aliphatic heterocycles. The average Bonchev–Trinajstić information content (AvgIpc) is 3.61. The largest absolute Gasteiger partial charge is 0.493 e. The van der Waals surface area contributed by atoms with Crippen molar-refractivity contribution in [3.05, 3.63) is 83.0 Å². The van der Waals surface area contributed by atoms with Crippen LogP contribution in [-0.2, 0) is 22.4 Å². The Morgan fingerprint density at radius 3 is 2.62 bits per heavy atom. The quantitative estimate of drug-likeness (QED) is 0.400. The van der Waals surface area contributed by atoms with E-state index in [1.165, 1.54) is 0 Å². The third kappa shape index (κ3) is 3.84. The molecule has 2 atom stereocenters. The summed E-state index contributed by atoms with van der Waals surface area (Å²) in [6.45, 7) is 0.624. The second-order valence-corrected chi connectivity index (χ2v) is 10.3. The lowest BCUT2D eigenvalue weighted by Crippen LogP contribution is -2.63. The van der Waals surface area contributed by atoms with E-state index in [-0.39, 0.29) is 25.2 Å². The minimum absolute atomic E-state index is 0.0270. The molecule has 1 fully saturated rings. The van der Waals surface area contributed by atoms with Crippen LogP contribution in [0.5, 0.6) is 23.0 Å². The number of nitrogens with zero attached hydrogens (tertiary/aromatic N) is 2. The Kier molecular flexibility index (Phi) is 5.80. The van der Waals surface area contributed by atoms with Crippen molar-refractivity contribution >= 4 is 22.7 Å². The van der Waals surface area contributed by atoms with Gasteiger partial charge in [0.2, 0.25) is 18.6 Å². The lowest BCUT2D eigenvalue weighted by Gasteiger charge is -2.47. The van der Waals surface area contributed by atoms with Crippen LogP contribution < -0.4 is 18.9 Å². The molecule has 1 N–H and O–H groups in total. The summed E-state index contributed by atoms with van der Waals surface area (Å²) < 4.78 is 22.0. The number of H-pyrrole nitrogens is 1. The van der Waals surface area contributed by atoms with Gasteiger partial charge in [0.15, 0.2) is 23.0 Å². The highest BCUT2D eigenvalue weighted by molar-refractivity contribution is 5.97. The van der Waals surface area contributed by atoms with Crippen molar-refractivity contribution in [1.82, 2.24) is 14.8 Å². The number of carbonyl (C=O) groups is 2. The van der Waals surface area contributed by atoms with E-state index in [9.17, 15) is 9.59 Å². The van der Waals surface area contributed by atoms with Crippen LogP contribution in [0, 0.1) is 0 Å². The van der Waals surface area contributed by atoms with Crippen LogP contribution in [0.25, 0.3) is 10.9 Å². The number of hydrogen-bond acceptors (Lipinski definition) is 6. The van der Waals surface area contributed by atoms with E-state index in [0.29, 0.717) is 42.4 Å². The highest BCUT2D eigenvalue weighted by atomic mass is 16.7. The molecule has 1 saturated heterocycles. The molecule has 204 valence electrons. The second-order valence-electron chi connectivity index (χ2n) is 10.3. The van der Waals surface area contributed by atoms with Gasteiger partial charge in [0, 0.05) is 29.6 Å². The maximum absolute atomic E-state index is 14.0. The first kappa shape index (κ1) is 24.4. The van der Waals surface area contributed by atoms with E-state index in [1.54, 1.807) is 24.0 Å². The first-order valence-corrected chi connectivity index (χ1v) is 13.4. The molecule has 9 nitrogen and oxygen atoms in total. The first-order chi connectivity index (χ1) is 19.6. The molecule has 9 heteroatoms. The molecule has 0 radical (unpaired) electrons. The van der Waals surface area contributed by atoms with Crippen LogP contribution in [-0.4, -0.2) is 66.7 Å². The zero-order valence-corrected chi connectivity index (χ0v) is 22.3. The van der Waals surface area contributed by atoms with Gasteiger partial charge in [0.1, 0.15) is 6.04 Å². The summed E-state index contributed by atoms with van der Waals surface area (Å²) in [5.41, 5.74) is 4.88. The molecule has 3 aliphatic rings. The van der Waals surface area contributed by atoms with Crippen LogP contribution in [0.3, 0.4) is 0 Å². The van der Waals surface area contributed by atoms with Crippen LogP contribution in [0.15, 0.2) is 60.7 Å². The number of piperazine rings is 1. The van der Waals surface area contributed by atoms with Crippen molar-refractivity contribution < 1.29 is 28.5 Å². The third-order valence-corrected chi connectivity index (χ3v) is 8.17. The van der Waals surface area contributed by atoms with E-state index in [0.717, 1.165) is 33.3 Å². The molecule has 0 spiro atoms. The van der Waals surface area contributed by atoms with E-state index in [1.807, 2.05) is 54.6 Å². The molecule has 0 saturated carbocycles. The molecule has 0 bridgehead atoms. The van der Waals surface area contributed by atoms with Gasteiger partial charge in [0.05, 0.1) is 26.8 Å². The average molecular weight is 540 g/mol. The zero-order chi connectivity index (χ0) is 27.4. The summed E-state index contributed by atoms with van der Waals surface area (Å²) in [5, 5.41) is 1.07. The molecular formula is C31H29N3O6. The summed E-state index contributed by atoms with van der Waals surface area (Å²) in [6.07, 6.45) is 1.05.